The molecule has 4 rings (SSSR count). The maximum Gasteiger partial charge on any atom is 0.259 e. The van der Waals surface area contributed by atoms with E-state index in [0.717, 1.165) is 5.56 Å². The van der Waals surface area contributed by atoms with Crippen LogP contribution in [-0.4, -0.2) is 31.6 Å². The largest absolute Gasteiger partial charge is 0.486 e. The van der Waals surface area contributed by atoms with Crippen LogP contribution in [0.5, 0.6) is 17.2 Å². The van der Waals surface area contributed by atoms with Crippen LogP contribution in [0, 0.1) is 0 Å². The minimum absolute atomic E-state index is 0.218. The van der Waals surface area contributed by atoms with Gasteiger partial charge >= 0.3 is 0 Å². The number of anilines is 1. The van der Waals surface area contributed by atoms with Gasteiger partial charge < -0.3 is 24.8 Å². The van der Waals surface area contributed by atoms with E-state index in [1.54, 1.807) is 36.4 Å². The summed E-state index contributed by atoms with van der Waals surface area (Å²) in [6.45, 7) is 2.69. The van der Waals surface area contributed by atoms with E-state index in [4.69, 9.17) is 14.2 Å². The molecule has 1 atom stereocenters. The molecule has 0 spiro atoms. The Morgan fingerprint density at radius 2 is 1.66 bits per heavy atom. The lowest BCUT2D eigenvalue weighted by Gasteiger charge is -2.21. The number of fused-ring (bicyclic) bond motifs is 1. The van der Waals surface area contributed by atoms with Crippen LogP contribution >= 0.6 is 0 Å². The molecule has 7 nitrogen and oxygen atoms in total. The minimum atomic E-state index is -0.308. The Morgan fingerprint density at radius 3 is 2.47 bits per heavy atom. The summed E-state index contributed by atoms with van der Waals surface area (Å²) in [5.74, 6) is 1.10. The highest BCUT2D eigenvalue weighted by molar-refractivity contribution is 6.06. The summed E-state index contributed by atoms with van der Waals surface area (Å²) < 4.78 is 16.8. The Labute approximate surface area is 186 Å². The Morgan fingerprint density at radius 1 is 0.938 bits per heavy atom. The van der Waals surface area contributed by atoms with Gasteiger partial charge in [-0.1, -0.05) is 36.4 Å². The maximum absolute atomic E-state index is 12.6. The van der Waals surface area contributed by atoms with Crippen molar-refractivity contribution in [3.8, 4) is 17.2 Å². The van der Waals surface area contributed by atoms with Crippen LogP contribution in [0.15, 0.2) is 72.8 Å². The summed E-state index contributed by atoms with van der Waals surface area (Å²) in [6.07, 6.45) is 0. The number of rotatable bonds is 7. The maximum atomic E-state index is 12.6. The first kappa shape index (κ1) is 21.2. The lowest BCUT2D eigenvalue weighted by molar-refractivity contribution is -0.123. The number of hydrogen-bond acceptors (Lipinski definition) is 5. The molecule has 1 aliphatic rings. The van der Waals surface area contributed by atoms with Crippen molar-refractivity contribution in [2.75, 3.05) is 25.1 Å². The normalized spacial score (nSPS) is 13.0. The van der Waals surface area contributed by atoms with Crippen molar-refractivity contribution in [2.24, 2.45) is 0 Å². The second kappa shape index (κ2) is 9.87. The van der Waals surface area contributed by atoms with Gasteiger partial charge in [-0.2, -0.15) is 0 Å². The third-order valence-corrected chi connectivity index (χ3v) is 4.97. The predicted octanol–water partition coefficient (Wildman–Crippen LogP) is 3.97. The summed E-state index contributed by atoms with van der Waals surface area (Å²) in [5.41, 5.74) is 1.92. The van der Waals surface area contributed by atoms with Crippen molar-refractivity contribution in [2.45, 2.75) is 13.0 Å². The average molecular weight is 432 g/mol. The highest BCUT2D eigenvalue weighted by Gasteiger charge is 2.17. The van der Waals surface area contributed by atoms with E-state index >= 15 is 0 Å². The van der Waals surface area contributed by atoms with E-state index in [1.165, 1.54) is 0 Å². The van der Waals surface area contributed by atoms with Crippen LogP contribution < -0.4 is 24.8 Å². The van der Waals surface area contributed by atoms with E-state index in [1.807, 2.05) is 43.3 Å². The fraction of sp³-hybridized carbons (Fsp3) is 0.200. The number of benzene rings is 3. The first-order valence-corrected chi connectivity index (χ1v) is 10.4. The average Bonchev–Trinajstić information content (AvgIpc) is 2.83. The zero-order valence-electron chi connectivity index (χ0n) is 17.7. The zero-order valence-corrected chi connectivity index (χ0v) is 17.7. The van der Waals surface area contributed by atoms with Gasteiger partial charge in [-0.25, -0.2) is 0 Å². The molecule has 2 amide bonds. The fourth-order valence-electron chi connectivity index (χ4n) is 3.34. The second-order valence-electron chi connectivity index (χ2n) is 7.30. The topological polar surface area (TPSA) is 85.9 Å². The molecule has 1 heterocycles. The van der Waals surface area contributed by atoms with E-state index < -0.39 is 0 Å². The van der Waals surface area contributed by atoms with Crippen LogP contribution in [0.4, 0.5) is 5.69 Å². The molecular formula is C25H24N2O5. The quantitative estimate of drug-likeness (QED) is 0.590. The summed E-state index contributed by atoms with van der Waals surface area (Å²) in [5, 5.41) is 5.72. The number of nitrogens with one attached hydrogen (secondary N) is 2. The smallest absolute Gasteiger partial charge is 0.259 e. The number of carbonyl (C=O) groups excluding carboxylic acids is 2. The first-order chi connectivity index (χ1) is 15.6. The molecule has 0 radical (unpaired) electrons. The predicted molar refractivity (Wildman–Crippen MR) is 120 cm³/mol. The molecule has 3 aromatic carbocycles. The molecule has 0 unspecified atom stereocenters. The van der Waals surface area contributed by atoms with Gasteiger partial charge in [0.15, 0.2) is 18.1 Å². The number of para-hydroxylation sites is 2. The highest BCUT2D eigenvalue weighted by atomic mass is 16.6. The first-order valence-electron chi connectivity index (χ1n) is 10.4. The second-order valence-corrected chi connectivity index (χ2v) is 7.30. The van der Waals surface area contributed by atoms with E-state index in [9.17, 15) is 9.59 Å². The zero-order chi connectivity index (χ0) is 22.3. The van der Waals surface area contributed by atoms with Crippen LogP contribution in [-0.2, 0) is 4.79 Å². The SMILES string of the molecule is C[C@@H](NC(=O)COc1ccccc1C(=O)Nc1ccccc1)c1ccc2c(c1)OCCO2. The van der Waals surface area contributed by atoms with Gasteiger partial charge in [0.2, 0.25) is 0 Å². The summed E-state index contributed by atoms with van der Waals surface area (Å²) >= 11 is 0. The molecule has 0 saturated heterocycles. The van der Waals surface area contributed by atoms with Crippen molar-refractivity contribution in [3.05, 3.63) is 83.9 Å². The molecule has 0 aliphatic carbocycles. The Bertz CT molecular complexity index is 1100. The molecule has 164 valence electrons. The molecule has 0 fully saturated rings. The van der Waals surface area contributed by atoms with Crippen molar-refractivity contribution < 1.29 is 23.8 Å². The van der Waals surface area contributed by atoms with Gasteiger partial charge in [0.05, 0.1) is 11.6 Å². The third kappa shape index (κ3) is 5.18. The molecule has 0 bridgehead atoms. The molecule has 32 heavy (non-hydrogen) atoms. The lowest BCUT2D eigenvalue weighted by atomic mass is 10.1. The fourth-order valence-corrected chi connectivity index (χ4v) is 3.34. The molecule has 3 aromatic rings. The third-order valence-electron chi connectivity index (χ3n) is 4.97. The molecule has 0 aromatic heterocycles. The van der Waals surface area contributed by atoms with Crippen molar-refractivity contribution in [3.63, 3.8) is 0 Å². The minimum Gasteiger partial charge on any atom is -0.486 e. The van der Waals surface area contributed by atoms with Crippen LogP contribution in [0.1, 0.15) is 28.9 Å². The molecule has 2 N–H and O–H groups in total. The summed E-state index contributed by atoms with van der Waals surface area (Å²) in [6, 6.07) is 21.3. The number of hydrogen-bond donors (Lipinski definition) is 2. The van der Waals surface area contributed by atoms with Crippen molar-refractivity contribution in [1.29, 1.82) is 0 Å². The van der Waals surface area contributed by atoms with Crippen LogP contribution in [0.2, 0.25) is 0 Å². The summed E-state index contributed by atoms with van der Waals surface area (Å²) in [7, 11) is 0. The van der Waals surface area contributed by atoms with E-state index in [-0.39, 0.29) is 24.5 Å². The lowest BCUT2D eigenvalue weighted by Crippen LogP contribution is -2.31. The monoisotopic (exact) mass is 432 g/mol. The van der Waals surface area contributed by atoms with Gasteiger partial charge in [-0.3, -0.25) is 9.59 Å². The standard InChI is InChI=1S/C25H24N2O5/c1-17(18-11-12-22-23(15-18)31-14-13-30-22)26-24(28)16-32-21-10-6-5-9-20(21)25(29)27-19-7-3-2-4-8-19/h2-12,15,17H,13-14,16H2,1H3,(H,26,28)(H,27,29)/t17-/m1/s1. The van der Waals surface area contributed by atoms with Crippen molar-refractivity contribution in [1.82, 2.24) is 5.32 Å². The molecular weight excluding hydrogens is 408 g/mol. The Hall–Kier alpha value is -4.00. The summed E-state index contributed by atoms with van der Waals surface area (Å²) in [4.78, 5) is 25.1. The van der Waals surface area contributed by atoms with Gasteiger partial charge in [0.25, 0.3) is 11.8 Å². The molecule has 7 heteroatoms. The molecule has 1 aliphatic heterocycles. The molecule has 0 saturated carbocycles. The van der Waals surface area contributed by atoms with Gasteiger partial charge in [0, 0.05) is 5.69 Å². The van der Waals surface area contributed by atoms with Gasteiger partial charge in [-0.15, -0.1) is 0 Å². The Balaban J connectivity index is 1.35. The van der Waals surface area contributed by atoms with Crippen LogP contribution in [0.25, 0.3) is 0 Å². The number of ether oxygens (including phenoxy) is 3. The number of carbonyl (C=O) groups is 2. The van der Waals surface area contributed by atoms with Gasteiger partial charge in [0.1, 0.15) is 19.0 Å². The van der Waals surface area contributed by atoms with Gasteiger partial charge in [-0.05, 0) is 48.9 Å². The van der Waals surface area contributed by atoms with E-state index in [2.05, 4.69) is 10.6 Å². The Kier molecular flexibility index (Phi) is 6.55. The van der Waals surface area contributed by atoms with E-state index in [0.29, 0.717) is 41.7 Å². The van der Waals surface area contributed by atoms with Crippen LogP contribution in [0.3, 0.4) is 0 Å². The van der Waals surface area contributed by atoms with Crippen molar-refractivity contribution >= 4 is 17.5 Å². The number of amides is 2. The highest BCUT2D eigenvalue weighted by Crippen LogP contribution is 2.32.